The van der Waals surface area contributed by atoms with Crippen LogP contribution in [0.4, 0.5) is 8.78 Å². The van der Waals surface area contributed by atoms with Crippen molar-refractivity contribution < 1.29 is 27.9 Å². The highest BCUT2D eigenvalue weighted by molar-refractivity contribution is 5.95. The average Bonchev–Trinajstić information content (AvgIpc) is 2.87. The molecule has 0 atom stereocenters. The second kappa shape index (κ2) is 6.17. The number of furan rings is 1. The summed E-state index contributed by atoms with van der Waals surface area (Å²) >= 11 is 0. The van der Waals surface area contributed by atoms with Crippen molar-refractivity contribution in [1.29, 1.82) is 0 Å². The maximum Gasteiger partial charge on any atom is 0.338 e. The second-order valence-electron chi connectivity index (χ2n) is 4.29. The molecule has 0 aliphatic rings. The number of carboxylic acids is 1. The predicted molar refractivity (Wildman–Crippen MR) is 68.1 cm³/mol. The fourth-order valence-corrected chi connectivity index (χ4v) is 1.73. The van der Waals surface area contributed by atoms with Gasteiger partial charge in [0.1, 0.15) is 17.9 Å². The number of carbonyl (C=O) groups is 2. The van der Waals surface area contributed by atoms with E-state index in [9.17, 15) is 18.4 Å². The number of nitrogens with one attached hydrogen (secondary N) is 1. The van der Waals surface area contributed by atoms with Crippen LogP contribution in [-0.4, -0.2) is 23.5 Å². The van der Waals surface area contributed by atoms with Crippen LogP contribution in [0.3, 0.4) is 0 Å². The molecular formula is C14H11F2NO4. The third kappa shape index (κ3) is 3.88. The molecule has 0 radical (unpaired) electrons. The summed E-state index contributed by atoms with van der Waals surface area (Å²) in [7, 11) is 0. The Morgan fingerprint density at radius 3 is 2.38 bits per heavy atom. The molecule has 7 heteroatoms. The highest BCUT2D eigenvalue weighted by Gasteiger charge is 2.14. The lowest BCUT2D eigenvalue weighted by atomic mass is 10.1. The molecule has 1 heterocycles. The molecule has 5 nitrogen and oxygen atoms in total. The van der Waals surface area contributed by atoms with Gasteiger partial charge in [0.15, 0.2) is 5.76 Å². The first-order valence-electron chi connectivity index (χ1n) is 6.00. The smallest absolute Gasteiger partial charge is 0.338 e. The van der Waals surface area contributed by atoms with Crippen molar-refractivity contribution in [3.63, 3.8) is 0 Å². The van der Waals surface area contributed by atoms with E-state index in [1.807, 2.05) is 0 Å². The number of rotatable bonds is 5. The summed E-state index contributed by atoms with van der Waals surface area (Å²) in [5.41, 5.74) is 0.269. The molecule has 0 fully saturated rings. The summed E-state index contributed by atoms with van der Waals surface area (Å²) in [5.74, 6) is -3.31. The number of hydrogen-bond acceptors (Lipinski definition) is 3. The minimum absolute atomic E-state index is 0.130. The third-order valence-corrected chi connectivity index (χ3v) is 2.69. The lowest BCUT2D eigenvalue weighted by Crippen LogP contribution is -2.25. The molecule has 0 saturated heterocycles. The van der Waals surface area contributed by atoms with Crippen molar-refractivity contribution in [3.8, 4) is 0 Å². The van der Waals surface area contributed by atoms with Crippen molar-refractivity contribution in [2.24, 2.45) is 0 Å². The van der Waals surface area contributed by atoms with Crippen LogP contribution in [0.5, 0.6) is 0 Å². The van der Waals surface area contributed by atoms with Gasteiger partial charge >= 0.3 is 5.97 Å². The molecule has 110 valence electrons. The zero-order valence-electron chi connectivity index (χ0n) is 10.7. The normalized spacial score (nSPS) is 10.4. The highest BCUT2D eigenvalue weighted by atomic mass is 19.1. The number of carboxylic acid groups (broad SMARTS) is 1. The first kappa shape index (κ1) is 14.7. The van der Waals surface area contributed by atoms with Gasteiger partial charge in [-0.2, -0.15) is 0 Å². The zero-order chi connectivity index (χ0) is 15.4. The lowest BCUT2D eigenvalue weighted by Gasteiger charge is -2.04. The first-order valence-corrected chi connectivity index (χ1v) is 6.00. The molecule has 2 aromatic rings. The number of carbonyl (C=O) groups excluding carboxylic acids is 1. The Kier molecular flexibility index (Phi) is 4.32. The molecule has 0 saturated carbocycles. The van der Waals surface area contributed by atoms with Crippen LogP contribution in [0.25, 0.3) is 0 Å². The number of benzene rings is 1. The van der Waals surface area contributed by atoms with E-state index in [0.29, 0.717) is 5.56 Å². The fraction of sp³-hybridized carbons (Fsp3) is 0.143. The fourth-order valence-electron chi connectivity index (χ4n) is 1.73. The van der Waals surface area contributed by atoms with Crippen molar-refractivity contribution in [1.82, 2.24) is 5.32 Å². The van der Waals surface area contributed by atoms with Gasteiger partial charge in [-0.1, -0.05) is 0 Å². The summed E-state index contributed by atoms with van der Waals surface area (Å²) in [6, 6.07) is 4.20. The Labute approximate surface area is 118 Å². The number of amides is 1. The molecule has 21 heavy (non-hydrogen) atoms. The Morgan fingerprint density at radius 1 is 1.14 bits per heavy atom. The van der Waals surface area contributed by atoms with E-state index in [0.717, 1.165) is 18.4 Å². The quantitative estimate of drug-likeness (QED) is 0.886. The van der Waals surface area contributed by atoms with Crippen LogP contribution in [0.2, 0.25) is 0 Å². The second-order valence-corrected chi connectivity index (χ2v) is 4.29. The highest BCUT2D eigenvalue weighted by Crippen LogP contribution is 2.09. The van der Waals surface area contributed by atoms with E-state index < -0.39 is 23.5 Å². The van der Waals surface area contributed by atoms with Crippen LogP contribution in [0.1, 0.15) is 26.5 Å². The zero-order valence-corrected chi connectivity index (χ0v) is 10.7. The topological polar surface area (TPSA) is 79.5 Å². The van der Waals surface area contributed by atoms with E-state index in [-0.39, 0.29) is 24.3 Å². The summed E-state index contributed by atoms with van der Waals surface area (Å²) in [6.45, 7) is 0.130. The van der Waals surface area contributed by atoms with E-state index in [1.54, 1.807) is 0 Å². The van der Waals surface area contributed by atoms with Crippen molar-refractivity contribution in [2.75, 3.05) is 6.54 Å². The maximum atomic E-state index is 13.0. The van der Waals surface area contributed by atoms with Crippen LogP contribution in [0, 0.1) is 11.6 Å². The first-order chi connectivity index (χ1) is 9.95. The standard InChI is InChI=1S/C14H11F2NO4/c15-10-3-8(4-11(16)6-10)1-2-17-13(18)12-5-9(7-21-12)14(19)20/h3-7H,1-2H2,(H,17,18)(H,19,20). The van der Waals surface area contributed by atoms with Gasteiger partial charge in [0, 0.05) is 18.7 Å². The van der Waals surface area contributed by atoms with E-state index >= 15 is 0 Å². The molecule has 2 N–H and O–H groups in total. The summed E-state index contributed by atoms with van der Waals surface area (Å²) in [5, 5.41) is 11.2. The van der Waals surface area contributed by atoms with Crippen molar-refractivity contribution in [2.45, 2.75) is 6.42 Å². The molecule has 2 rings (SSSR count). The van der Waals surface area contributed by atoms with Gasteiger partial charge in [0.05, 0.1) is 5.56 Å². The Morgan fingerprint density at radius 2 is 1.81 bits per heavy atom. The molecule has 0 aliphatic carbocycles. The minimum atomic E-state index is -1.20. The van der Waals surface area contributed by atoms with Crippen molar-refractivity contribution >= 4 is 11.9 Å². The van der Waals surface area contributed by atoms with Gasteiger partial charge in [-0.05, 0) is 24.1 Å². The molecule has 0 unspecified atom stereocenters. The van der Waals surface area contributed by atoms with Crippen molar-refractivity contribution in [3.05, 3.63) is 59.1 Å². The summed E-state index contributed by atoms with van der Waals surface area (Å²) < 4.78 is 30.7. The van der Waals surface area contributed by atoms with E-state index in [4.69, 9.17) is 9.52 Å². The van der Waals surface area contributed by atoms with Gasteiger partial charge in [-0.3, -0.25) is 4.79 Å². The monoisotopic (exact) mass is 295 g/mol. The van der Waals surface area contributed by atoms with E-state index in [1.165, 1.54) is 12.1 Å². The van der Waals surface area contributed by atoms with Gasteiger partial charge < -0.3 is 14.8 Å². The SMILES string of the molecule is O=C(O)c1coc(C(=O)NCCc2cc(F)cc(F)c2)c1. The maximum absolute atomic E-state index is 13.0. The molecule has 0 bridgehead atoms. The number of halogens is 2. The number of hydrogen-bond donors (Lipinski definition) is 2. The van der Waals surface area contributed by atoms with E-state index in [2.05, 4.69) is 5.32 Å². The van der Waals surface area contributed by atoms with Crippen LogP contribution in [0.15, 0.2) is 34.9 Å². The third-order valence-electron chi connectivity index (χ3n) is 2.69. The lowest BCUT2D eigenvalue weighted by molar-refractivity contribution is 0.0695. The average molecular weight is 295 g/mol. The Bertz CT molecular complexity index is 661. The largest absolute Gasteiger partial charge is 0.478 e. The van der Waals surface area contributed by atoms with Crippen LogP contribution < -0.4 is 5.32 Å². The Hall–Kier alpha value is -2.70. The molecule has 0 aliphatic heterocycles. The van der Waals surface area contributed by atoms with Gasteiger partial charge in [-0.15, -0.1) is 0 Å². The van der Waals surface area contributed by atoms with Crippen LogP contribution >= 0.6 is 0 Å². The van der Waals surface area contributed by atoms with Gasteiger partial charge in [0.25, 0.3) is 5.91 Å². The summed E-state index contributed by atoms with van der Waals surface area (Å²) in [6.07, 6.45) is 1.19. The molecule has 1 amide bonds. The predicted octanol–water partition coefficient (Wildman–Crippen LogP) is 2.23. The Balaban J connectivity index is 1.90. The van der Waals surface area contributed by atoms with Gasteiger partial charge in [-0.25, -0.2) is 13.6 Å². The molecular weight excluding hydrogens is 284 g/mol. The van der Waals surface area contributed by atoms with Crippen LogP contribution in [-0.2, 0) is 6.42 Å². The minimum Gasteiger partial charge on any atom is -0.478 e. The van der Waals surface area contributed by atoms with Gasteiger partial charge in [0.2, 0.25) is 0 Å². The molecule has 1 aromatic heterocycles. The number of aromatic carboxylic acids is 1. The summed E-state index contributed by atoms with van der Waals surface area (Å²) in [4.78, 5) is 22.3. The molecule has 1 aromatic carbocycles. The molecule has 0 spiro atoms.